The predicted molar refractivity (Wildman–Crippen MR) is 109 cm³/mol. The molecule has 0 radical (unpaired) electrons. The summed E-state index contributed by atoms with van der Waals surface area (Å²) in [6.45, 7) is 4.09. The molecule has 0 unspecified atom stereocenters. The smallest absolute Gasteiger partial charge is 0.261 e. The lowest BCUT2D eigenvalue weighted by Crippen LogP contribution is -2.49. The van der Waals surface area contributed by atoms with Crippen molar-refractivity contribution in [2.45, 2.75) is 26.4 Å². The number of likely N-dealkylation sites (N-methyl/N-ethyl adjacent to an activating group) is 1. The molecule has 6 nitrogen and oxygen atoms in total. The van der Waals surface area contributed by atoms with E-state index in [0.717, 1.165) is 5.56 Å². The second-order valence-corrected chi connectivity index (χ2v) is 6.62. The van der Waals surface area contributed by atoms with Gasteiger partial charge in [-0.2, -0.15) is 0 Å². The Morgan fingerprint density at radius 1 is 1.14 bits per heavy atom. The highest BCUT2D eigenvalue weighted by molar-refractivity contribution is 6.30. The van der Waals surface area contributed by atoms with Crippen molar-refractivity contribution in [2.24, 2.45) is 0 Å². The fraction of sp³-hybridized carbons (Fsp3) is 0.333. The second kappa shape index (κ2) is 10.6. The quantitative estimate of drug-likeness (QED) is 0.696. The average molecular weight is 405 g/mol. The zero-order chi connectivity index (χ0) is 20.5. The van der Waals surface area contributed by atoms with E-state index >= 15 is 0 Å². The third-order valence-electron chi connectivity index (χ3n) is 4.18. The Balaban J connectivity index is 2.11. The molecular weight excluding hydrogens is 380 g/mol. The Bertz CT molecular complexity index is 795. The van der Waals surface area contributed by atoms with Gasteiger partial charge in [-0.15, -0.1) is 0 Å². The molecule has 0 saturated heterocycles. The minimum absolute atomic E-state index is 0.184. The SMILES string of the molecule is CCNC(=O)[C@@H](C)N(Cc1cccc(Cl)c1)C(=O)COc1ccc(OC)cc1. The molecule has 7 heteroatoms. The van der Waals surface area contributed by atoms with E-state index in [2.05, 4.69) is 5.32 Å². The minimum atomic E-state index is -0.647. The van der Waals surface area contributed by atoms with Crippen LogP contribution in [0.15, 0.2) is 48.5 Å². The summed E-state index contributed by atoms with van der Waals surface area (Å²) >= 11 is 6.05. The summed E-state index contributed by atoms with van der Waals surface area (Å²) in [6, 6.07) is 13.5. The topological polar surface area (TPSA) is 67.9 Å². The number of ether oxygens (including phenoxy) is 2. The fourth-order valence-electron chi connectivity index (χ4n) is 2.64. The molecular formula is C21H25ClN2O4. The number of rotatable bonds is 9. The highest BCUT2D eigenvalue weighted by Gasteiger charge is 2.26. The van der Waals surface area contributed by atoms with Gasteiger partial charge in [0.25, 0.3) is 5.91 Å². The molecule has 0 aliphatic carbocycles. The normalized spacial score (nSPS) is 11.4. The van der Waals surface area contributed by atoms with Crippen LogP contribution in [0.5, 0.6) is 11.5 Å². The van der Waals surface area contributed by atoms with Gasteiger partial charge in [0.05, 0.1) is 7.11 Å². The van der Waals surface area contributed by atoms with Gasteiger partial charge in [0, 0.05) is 18.1 Å². The van der Waals surface area contributed by atoms with E-state index < -0.39 is 6.04 Å². The molecule has 2 aromatic carbocycles. The van der Waals surface area contributed by atoms with Crippen molar-refractivity contribution in [3.63, 3.8) is 0 Å². The molecule has 28 heavy (non-hydrogen) atoms. The number of hydrogen-bond donors (Lipinski definition) is 1. The van der Waals surface area contributed by atoms with Gasteiger partial charge in [-0.1, -0.05) is 23.7 Å². The first-order chi connectivity index (χ1) is 13.4. The van der Waals surface area contributed by atoms with E-state index in [4.69, 9.17) is 21.1 Å². The number of nitrogens with one attached hydrogen (secondary N) is 1. The highest BCUT2D eigenvalue weighted by Crippen LogP contribution is 2.18. The van der Waals surface area contributed by atoms with Crippen LogP contribution in [-0.4, -0.2) is 43.0 Å². The number of halogens is 1. The van der Waals surface area contributed by atoms with Crippen LogP contribution in [0.2, 0.25) is 5.02 Å². The minimum Gasteiger partial charge on any atom is -0.497 e. The molecule has 150 valence electrons. The van der Waals surface area contributed by atoms with Gasteiger partial charge in [0.15, 0.2) is 6.61 Å². The molecule has 2 rings (SSSR count). The van der Waals surface area contributed by atoms with E-state index in [0.29, 0.717) is 23.1 Å². The average Bonchev–Trinajstić information content (AvgIpc) is 2.70. The van der Waals surface area contributed by atoms with Gasteiger partial charge in [-0.05, 0) is 55.8 Å². The number of carbonyl (C=O) groups excluding carboxylic acids is 2. The largest absolute Gasteiger partial charge is 0.497 e. The summed E-state index contributed by atoms with van der Waals surface area (Å²) in [7, 11) is 1.58. The maximum atomic E-state index is 12.8. The fourth-order valence-corrected chi connectivity index (χ4v) is 2.85. The summed E-state index contributed by atoms with van der Waals surface area (Å²) in [6.07, 6.45) is 0. The van der Waals surface area contributed by atoms with Crippen LogP contribution in [-0.2, 0) is 16.1 Å². The van der Waals surface area contributed by atoms with Gasteiger partial charge in [0.2, 0.25) is 5.91 Å². The molecule has 0 bridgehead atoms. The summed E-state index contributed by atoms with van der Waals surface area (Å²) in [5, 5.41) is 3.32. The van der Waals surface area contributed by atoms with Crippen LogP contribution in [0.4, 0.5) is 0 Å². The molecule has 2 aromatic rings. The van der Waals surface area contributed by atoms with Crippen LogP contribution in [0.25, 0.3) is 0 Å². The molecule has 0 aromatic heterocycles. The van der Waals surface area contributed by atoms with Gasteiger partial charge in [-0.3, -0.25) is 9.59 Å². The van der Waals surface area contributed by atoms with Crippen LogP contribution in [0.1, 0.15) is 19.4 Å². The molecule has 0 aliphatic rings. The standard InChI is InChI=1S/C21H25ClN2O4/c1-4-23-21(26)15(2)24(13-16-6-5-7-17(22)12-16)20(25)14-28-19-10-8-18(27-3)9-11-19/h5-12,15H,4,13-14H2,1-3H3,(H,23,26)/t15-/m1/s1. The number of amides is 2. The Morgan fingerprint density at radius 2 is 1.82 bits per heavy atom. The number of methoxy groups -OCH3 is 1. The van der Waals surface area contributed by atoms with E-state index in [1.165, 1.54) is 4.90 Å². The predicted octanol–water partition coefficient (Wildman–Crippen LogP) is 3.28. The van der Waals surface area contributed by atoms with Crippen LogP contribution >= 0.6 is 11.6 Å². The van der Waals surface area contributed by atoms with Crippen molar-refractivity contribution in [1.29, 1.82) is 0 Å². The number of hydrogen-bond acceptors (Lipinski definition) is 4. The first-order valence-corrected chi connectivity index (χ1v) is 9.40. The Labute approximate surface area is 170 Å². The van der Waals surface area contributed by atoms with Crippen molar-refractivity contribution < 1.29 is 19.1 Å². The van der Waals surface area contributed by atoms with Crippen molar-refractivity contribution in [3.05, 3.63) is 59.1 Å². The van der Waals surface area contributed by atoms with Crippen molar-refractivity contribution in [1.82, 2.24) is 10.2 Å². The lowest BCUT2D eigenvalue weighted by Gasteiger charge is -2.28. The molecule has 0 aliphatic heterocycles. The van der Waals surface area contributed by atoms with Gasteiger partial charge in [0.1, 0.15) is 17.5 Å². The lowest BCUT2D eigenvalue weighted by molar-refractivity contribution is -0.142. The van der Waals surface area contributed by atoms with Crippen LogP contribution < -0.4 is 14.8 Å². The highest BCUT2D eigenvalue weighted by atomic mass is 35.5. The monoisotopic (exact) mass is 404 g/mol. The first-order valence-electron chi connectivity index (χ1n) is 9.03. The van der Waals surface area contributed by atoms with E-state index in [9.17, 15) is 9.59 Å². The molecule has 1 N–H and O–H groups in total. The Kier molecular flexibility index (Phi) is 8.14. The summed E-state index contributed by atoms with van der Waals surface area (Å²) < 4.78 is 10.7. The molecule has 0 heterocycles. The van der Waals surface area contributed by atoms with E-state index in [1.807, 2.05) is 19.1 Å². The van der Waals surface area contributed by atoms with Crippen molar-refractivity contribution in [2.75, 3.05) is 20.3 Å². The third kappa shape index (κ3) is 6.16. The van der Waals surface area contributed by atoms with Crippen LogP contribution in [0.3, 0.4) is 0 Å². The van der Waals surface area contributed by atoms with E-state index in [1.54, 1.807) is 50.4 Å². The summed E-state index contributed by atoms with van der Waals surface area (Å²) in [5.41, 5.74) is 0.835. The molecule has 0 spiro atoms. The Hall–Kier alpha value is -2.73. The Morgan fingerprint density at radius 3 is 2.43 bits per heavy atom. The molecule has 1 atom stereocenters. The van der Waals surface area contributed by atoms with Crippen LogP contribution in [0, 0.1) is 0 Å². The first kappa shape index (κ1) is 21.6. The molecule has 0 fully saturated rings. The lowest BCUT2D eigenvalue weighted by atomic mass is 10.1. The molecule has 0 saturated carbocycles. The molecule has 2 amide bonds. The number of benzene rings is 2. The van der Waals surface area contributed by atoms with Gasteiger partial charge < -0.3 is 19.7 Å². The summed E-state index contributed by atoms with van der Waals surface area (Å²) in [5.74, 6) is 0.727. The second-order valence-electron chi connectivity index (χ2n) is 6.19. The van der Waals surface area contributed by atoms with Crippen molar-refractivity contribution >= 4 is 23.4 Å². The third-order valence-corrected chi connectivity index (χ3v) is 4.42. The number of nitrogens with zero attached hydrogens (tertiary/aromatic N) is 1. The number of carbonyl (C=O) groups is 2. The van der Waals surface area contributed by atoms with Gasteiger partial charge >= 0.3 is 0 Å². The maximum absolute atomic E-state index is 12.8. The zero-order valence-electron chi connectivity index (χ0n) is 16.3. The van der Waals surface area contributed by atoms with E-state index in [-0.39, 0.29) is 25.0 Å². The zero-order valence-corrected chi connectivity index (χ0v) is 17.0. The van der Waals surface area contributed by atoms with Gasteiger partial charge in [-0.25, -0.2) is 0 Å². The maximum Gasteiger partial charge on any atom is 0.261 e. The summed E-state index contributed by atoms with van der Waals surface area (Å²) in [4.78, 5) is 26.6. The van der Waals surface area contributed by atoms with Crippen molar-refractivity contribution in [3.8, 4) is 11.5 Å².